The van der Waals surface area contributed by atoms with Crippen LogP contribution in [0.5, 0.6) is 11.5 Å². The SMILES string of the molecule is CN=C(NC1CCN(c2cc(OC)cc(OC)c2)CC1)NC1CCN(CC(F)(F)F)C1.I. The molecule has 0 saturated carbocycles. The van der Waals surface area contributed by atoms with Crippen LogP contribution in [0.2, 0.25) is 0 Å². The van der Waals surface area contributed by atoms with Crippen LogP contribution < -0.4 is 25.0 Å². The molecule has 182 valence electrons. The van der Waals surface area contributed by atoms with Gasteiger partial charge < -0.3 is 25.0 Å². The topological polar surface area (TPSA) is 61.4 Å². The minimum Gasteiger partial charge on any atom is -0.497 e. The van der Waals surface area contributed by atoms with Gasteiger partial charge in [-0.25, -0.2) is 0 Å². The molecule has 7 nitrogen and oxygen atoms in total. The van der Waals surface area contributed by atoms with Crippen molar-refractivity contribution in [2.45, 2.75) is 37.5 Å². The zero-order valence-electron chi connectivity index (χ0n) is 18.7. The quantitative estimate of drug-likeness (QED) is 0.311. The number of alkyl halides is 3. The van der Waals surface area contributed by atoms with Gasteiger partial charge in [0.15, 0.2) is 5.96 Å². The highest BCUT2D eigenvalue weighted by atomic mass is 127. The average Bonchev–Trinajstić information content (AvgIpc) is 3.18. The van der Waals surface area contributed by atoms with Crippen LogP contribution in [0.1, 0.15) is 19.3 Å². The van der Waals surface area contributed by atoms with Crippen molar-refractivity contribution in [1.82, 2.24) is 15.5 Å². The molecule has 0 spiro atoms. The van der Waals surface area contributed by atoms with Gasteiger partial charge in [-0.2, -0.15) is 13.2 Å². The number of benzene rings is 1. The molecular formula is C21H33F3IN5O2. The Morgan fingerprint density at radius 1 is 1.00 bits per heavy atom. The van der Waals surface area contributed by atoms with Gasteiger partial charge in [0.2, 0.25) is 0 Å². The number of likely N-dealkylation sites (tertiary alicyclic amines) is 1. The number of hydrogen-bond acceptors (Lipinski definition) is 5. The van der Waals surface area contributed by atoms with E-state index >= 15 is 0 Å². The first-order valence-electron chi connectivity index (χ1n) is 10.6. The third-order valence-electron chi connectivity index (χ3n) is 5.78. The molecule has 32 heavy (non-hydrogen) atoms. The summed E-state index contributed by atoms with van der Waals surface area (Å²) in [5.74, 6) is 2.17. The lowest BCUT2D eigenvalue weighted by atomic mass is 10.0. The van der Waals surface area contributed by atoms with Gasteiger partial charge in [0.25, 0.3) is 0 Å². The monoisotopic (exact) mass is 571 g/mol. The van der Waals surface area contributed by atoms with Crippen LogP contribution in [-0.2, 0) is 0 Å². The Labute approximate surface area is 204 Å². The van der Waals surface area contributed by atoms with Crippen LogP contribution in [-0.4, -0.2) is 83.1 Å². The summed E-state index contributed by atoms with van der Waals surface area (Å²) in [7, 11) is 4.97. The number of nitrogens with zero attached hydrogens (tertiary/aromatic N) is 3. The van der Waals surface area contributed by atoms with Crippen molar-refractivity contribution in [3.05, 3.63) is 18.2 Å². The van der Waals surface area contributed by atoms with Crippen molar-refractivity contribution < 1.29 is 22.6 Å². The Balaban J connectivity index is 0.00000363. The Bertz CT molecular complexity index is 735. The van der Waals surface area contributed by atoms with E-state index in [1.165, 1.54) is 4.90 Å². The molecule has 11 heteroatoms. The number of ether oxygens (including phenoxy) is 2. The maximum atomic E-state index is 12.6. The number of guanidine groups is 1. The molecule has 0 aliphatic carbocycles. The molecule has 1 aromatic carbocycles. The molecule has 0 bridgehead atoms. The van der Waals surface area contributed by atoms with Gasteiger partial charge in [0, 0.05) is 69.2 Å². The number of hydrogen-bond donors (Lipinski definition) is 2. The predicted octanol–water partition coefficient (Wildman–Crippen LogP) is 3.09. The molecule has 2 aliphatic rings. The lowest BCUT2D eigenvalue weighted by Crippen LogP contribution is -2.51. The number of aliphatic imine (C=N–C) groups is 1. The molecule has 2 heterocycles. The molecule has 1 atom stereocenters. The van der Waals surface area contributed by atoms with Gasteiger partial charge in [-0.3, -0.25) is 9.89 Å². The predicted molar refractivity (Wildman–Crippen MR) is 131 cm³/mol. The fourth-order valence-corrected chi connectivity index (χ4v) is 4.16. The van der Waals surface area contributed by atoms with Crippen LogP contribution in [0.15, 0.2) is 23.2 Å². The number of anilines is 1. The van der Waals surface area contributed by atoms with Crippen molar-refractivity contribution in [1.29, 1.82) is 0 Å². The number of rotatable bonds is 6. The summed E-state index contributed by atoms with van der Waals surface area (Å²) in [5, 5.41) is 6.72. The van der Waals surface area contributed by atoms with Gasteiger partial charge >= 0.3 is 6.18 Å². The molecule has 2 fully saturated rings. The number of methoxy groups -OCH3 is 2. The zero-order valence-corrected chi connectivity index (χ0v) is 21.1. The summed E-state index contributed by atoms with van der Waals surface area (Å²) in [4.78, 5) is 8.01. The molecule has 2 saturated heterocycles. The molecule has 0 aromatic heterocycles. The Morgan fingerprint density at radius 3 is 2.09 bits per heavy atom. The molecule has 0 amide bonds. The minimum atomic E-state index is -4.16. The van der Waals surface area contributed by atoms with E-state index in [1.807, 2.05) is 18.2 Å². The normalized spacial score (nSPS) is 20.6. The van der Waals surface area contributed by atoms with Gasteiger partial charge in [0.05, 0.1) is 20.8 Å². The Morgan fingerprint density at radius 2 is 1.56 bits per heavy atom. The van der Waals surface area contributed by atoms with E-state index in [0.717, 1.165) is 43.1 Å². The summed E-state index contributed by atoms with van der Waals surface area (Å²) < 4.78 is 48.5. The second kappa shape index (κ2) is 12.0. The fourth-order valence-electron chi connectivity index (χ4n) is 4.16. The van der Waals surface area contributed by atoms with E-state index < -0.39 is 12.7 Å². The minimum absolute atomic E-state index is 0. The fraction of sp³-hybridized carbons (Fsp3) is 0.667. The number of piperidine rings is 1. The van der Waals surface area contributed by atoms with E-state index in [9.17, 15) is 13.2 Å². The lowest BCUT2D eigenvalue weighted by molar-refractivity contribution is -0.143. The van der Waals surface area contributed by atoms with E-state index in [2.05, 4.69) is 20.5 Å². The van der Waals surface area contributed by atoms with Crippen molar-refractivity contribution in [3.63, 3.8) is 0 Å². The smallest absolute Gasteiger partial charge is 0.401 e. The van der Waals surface area contributed by atoms with Crippen LogP contribution >= 0.6 is 24.0 Å². The standard InChI is InChI=1S/C21H32F3N5O2.HI/c1-25-20(27-16-4-7-28(13-16)14-21(22,23)24)26-15-5-8-29(9-6-15)17-10-18(30-2)12-19(11-17)31-3;/h10-12,15-16H,4-9,13-14H2,1-3H3,(H2,25,26,27);1H. The summed E-state index contributed by atoms with van der Waals surface area (Å²) >= 11 is 0. The van der Waals surface area contributed by atoms with Crippen molar-refractivity contribution in [2.75, 3.05) is 58.9 Å². The van der Waals surface area contributed by atoms with Crippen LogP contribution in [0.3, 0.4) is 0 Å². The molecule has 2 aliphatic heterocycles. The van der Waals surface area contributed by atoms with Gasteiger partial charge in [-0.1, -0.05) is 0 Å². The maximum absolute atomic E-state index is 12.6. The zero-order chi connectivity index (χ0) is 22.4. The van der Waals surface area contributed by atoms with Gasteiger partial charge in [-0.15, -0.1) is 24.0 Å². The van der Waals surface area contributed by atoms with Crippen molar-refractivity contribution >= 4 is 35.6 Å². The first-order chi connectivity index (χ1) is 14.8. The average molecular weight is 571 g/mol. The molecule has 0 radical (unpaired) electrons. The molecule has 3 rings (SSSR count). The number of nitrogens with one attached hydrogen (secondary N) is 2. The van der Waals surface area contributed by atoms with Crippen LogP contribution in [0, 0.1) is 0 Å². The highest BCUT2D eigenvalue weighted by molar-refractivity contribution is 14.0. The van der Waals surface area contributed by atoms with Gasteiger partial charge in [-0.05, 0) is 19.3 Å². The largest absolute Gasteiger partial charge is 0.497 e. The second-order valence-corrected chi connectivity index (χ2v) is 8.03. The van der Waals surface area contributed by atoms with E-state index in [1.54, 1.807) is 21.3 Å². The second-order valence-electron chi connectivity index (χ2n) is 8.03. The van der Waals surface area contributed by atoms with Gasteiger partial charge in [0.1, 0.15) is 11.5 Å². The Kier molecular flexibility index (Phi) is 9.99. The summed E-state index contributed by atoms with van der Waals surface area (Å²) in [6.07, 6.45) is -1.64. The van der Waals surface area contributed by atoms with E-state index in [0.29, 0.717) is 25.5 Å². The van der Waals surface area contributed by atoms with E-state index in [4.69, 9.17) is 9.47 Å². The molecule has 1 aromatic rings. The van der Waals surface area contributed by atoms with Crippen LogP contribution in [0.4, 0.5) is 18.9 Å². The van der Waals surface area contributed by atoms with E-state index in [-0.39, 0.29) is 36.1 Å². The molecule has 1 unspecified atom stereocenters. The Hall–Kier alpha value is -1.63. The highest BCUT2D eigenvalue weighted by Gasteiger charge is 2.34. The third kappa shape index (κ3) is 7.75. The highest BCUT2D eigenvalue weighted by Crippen LogP contribution is 2.30. The maximum Gasteiger partial charge on any atom is 0.401 e. The first-order valence-corrected chi connectivity index (χ1v) is 10.6. The third-order valence-corrected chi connectivity index (χ3v) is 5.78. The lowest BCUT2D eigenvalue weighted by Gasteiger charge is -2.35. The summed E-state index contributed by atoms with van der Waals surface area (Å²) in [6, 6.07) is 6.08. The van der Waals surface area contributed by atoms with Crippen molar-refractivity contribution in [3.8, 4) is 11.5 Å². The molecule has 2 N–H and O–H groups in total. The van der Waals surface area contributed by atoms with Crippen molar-refractivity contribution in [2.24, 2.45) is 4.99 Å². The molecular weight excluding hydrogens is 538 g/mol. The number of halogens is 4. The van der Waals surface area contributed by atoms with Crippen LogP contribution in [0.25, 0.3) is 0 Å². The summed E-state index contributed by atoms with van der Waals surface area (Å²) in [6.45, 7) is 1.69. The first kappa shape index (κ1) is 26.6. The summed E-state index contributed by atoms with van der Waals surface area (Å²) in [5.41, 5.74) is 1.06.